The first-order valence-electron chi connectivity index (χ1n) is 8.09. The fourth-order valence-corrected chi connectivity index (χ4v) is 3.58. The van der Waals surface area contributed by atoms with E-state index in [9.17, 15) is 19.5 Å². The van der Waals surface area contributed by atoms with Crippen LogP contribution in [0.3, 0.4) is 0 Å². The summed E-state index contributed by atoms with van der Waals surface area (Å²) in [5, 5.41) is 13.1. The minimum Gasteiger partial charge on any atom is -0.548 e. The van der Waals surface area contributed by atoms with E-state index in [4.69, 9.17) is 4.42 Å². The van der Waals surface area contributed by atoms with Crippen LogP contribution in [0, 0.1) is 6.92 Å². The zero-order valence-electron chi connectivity index (χ0n) is 14.6. The Bertz CT molecular complexity index is 755. The number of Topliss-reactive ketones (excluding diaryl/α,β-unsaturated/α-hetero) is 1. The summed E-state index contributed by atoms with van der Waals surface area (Å²) < 4.78 is 5.40. The molecule has 6 nitrogen and oxygen atoms in total. The normalized spacial score (nSPS) is 13.0. The molecule has 2 rings (SSSR count). The van der Waals surface area contributed by atoms with Crippen LogP contribution in [-0.2, 0) is 9.59 Å². The van der Waals surface area contributed by atoms with Crippen molar-refractivity contribution in [3.05, 3.63) is 59.5 Å². The summed E-state index contributed by atoms with van der Waals surface area (Å²) in [6, 6.07) is 9.59. The zero-order chi connectivity index (χ0) is 19.1. The maximum absolute atomic E-state index is 12.6. The first-order chi connectivity index (χ1) is 12.4. The van der Waals surface area contributed by atoms with Gasteiger partial charge in [0.1, 0.15) is 5.76 Å². The van der Waals surface area contributed by atoms with E-state index < -0.39 is 17.9 Å². The summed E-state index contributed by atoms with van der Waals surface area (Å²) in [7, 11) is 0. The van der Waals surface area contributed by atoms with E-state index in [1.54, 1.807) is 24.3 Å². The molecule has 0 spiro atoms. The number of aliphatic carboxylic acids is 1. The van der Waals surface area contributed by atoms with Gasteiger partial charge in [-0.2, -0.15) is 0 Å². The van der Waals surface area contributed by atoms with Gasteiger partial charge in [0.25, 0.3) is 0 Å². The van der Waals surface area contributed by atoms with E-state index in [1.807, 2.05) is 19.1 Å². The van der Waals surface area contributed by atoms with Crippen LogP contribution in [0.4, 0.5) is 0 Å². The highest BCUT2D eigenvalue weighted by Crippen LogP contribution is 2.34. The van der Waals surface area contributed by atoms with Crippen molar-refractivity contribution >= 4 is 29.4 Å². The monoisotopic (exact) mass is 374 g/mol. The van der Waals surface area contributed by atoms with Crippen LogP contribution in [-0.4, -0.2) is 29.5 Å². The van der Waals surface area contributed by atoms with Gasteiger partial charge in [0, 0.05) is 24.7 Å². The lowest BCUT2D eigenvalue weighted by atomic mass is 10.0. The lowest BCUT2D eigenvalue weighted by Crippen LogP contribution is -2.48. The van der Waals surface area contributed by atoms with Gasteiger partial charge in [-0.1, -0.05) is 29.8 Å². The number of hydrogen-bond acceptors (Lipinski definition) is 6. The van der Waals surface area contributed by atoms with Crippen LogP contribution in [0.25, 0.3) is 0 Å². The average Bonchev–Trinajstić information content (AvgIpc) is 3.11. The molecule has 0 saturated heterocycles. The Labute approximate surface area is 156 Å². The number of carbonyl (C=O) groups excluding carboxylic acids is 3. The third-order valence-corrected chi connectivity index (χ3v) is 5.06. The Morgan fingerprint density at radius 1 is 1.19 bits per heavy atom. The second-order valence-corrected chi connectivity index (χ2v) is 7.14. The summed E-state index contributed by atoms with van der Waals surface area (Å²) >= 11 is 1.23. The first kappa shape index (κ1) is 19.8. The molecular weight excluding hydrogens is 354 g/mol. The van der Waals surface area contributed by atoms with Crippen molar-refractivity contribution in [1.82, 2.24) is 5.32 Å². The summed E-state index contributed by atoms with van der Waals surface area (Å²) in [5.74, 6) is -1.24. The van der Waals surface area contributed by atoms with E-state index in [0.717, 1.165) is 5.56 Å². The molecule has 2 atom stereocenters. The summed E-state index contributed by atoms with van der Waals surface area (Å²) in [4.78, 5) is 34.9. The minimum absolute atomic E-state index is 0.0639. The maximum atomic E-state index is 12.6. The topological polar surface area (TPSA) is 99.4 Å². The fraction of sp³-hybridized carbons (Fsp3) is 0.316. The average molecular weight is 374 g/mol. The summed E-state index contributed by atoms with van der Waals surface area (Å²) in [6.45, 7) is 3.18. The summed E-state index contributed by atoms with van der Waals surface area (Å²) in [5.41, 5.74) is 1.65. The molecular formula is C19H20NO5S-. The van der Waals surface area contributed by atoms with Crippen molar-refractivity contribution < 1.29 is 23.9 Å². The highest BCUT2D eigenvalue weighted by Gasteiger charge is 2.22. The number of ketones is 1. The largest absolute Gasteiger partial charge is 0.548 e. The Morgan fingerprint density at radius 3 is 2.42 bits per heavy atom. The molecule has 0 aliphatic carbocycles. The molecule has 1 amide bonds. The molecule has 2 aromatic rings. The molecule has 0 saturated carbocycles. The second-order valence-electron chi connectivity index (χ2n) is 5.90. The van der Waals surface area contributed by atoms with E-state index in [-0.39, 0.29) is 23.2 Å². The quantitative estimate of drug-likeness (QED) is 0.673. The van der Waals surface area contributed by atoms with Crippen molar-refractivity contribution in [2.24, 2.45) is 0 Å². The van der Waals surface area contributed by atoms with E-state index in [1.165, 1.54) is 24.9 Å². The van der Waals surface area contributed by atoms with Gasteiger partial charge in [-0.3, -0.25) is 9.59 Å². The van der Waals surface area contributed by atoms with Crippen molar-refractivity contribution in [3.8, 4) is 0 Å². The highest BCUT2D eigenvalue weighted by atomic mass is 32.2. The number of amides is 1. The number of aryl methyl sites for hydroxylation is 1. The Kier molecular flexibility index (Phi) is 7.03. The molecule has 7 heteroatoms. The van der Waals surface area contributed by atoms with E-state index in [2.05, 4.69) is 5.32 Å². The van der Waals surface area contributed by atoms with Crippen LogP contribution in [0.1, 0.15) is 40.3 Å². The van der Waals surface area contributed by atoms with Crippen molar-refractivity contribution in [2.75, 3.05) is 5.75 Å². The van der Waals surface area contributed by atoms with Gasteiger partial charge in [-0.25, -0.2) is 0 Å². The van der Waals surface area contributed by atoms with Gasteiger partial charge < -0.3 is 19.6 Å². The lowest BCUT2D eigenvalue weighted by molar-refractivity contribution is -0.307. The predicted molar refractivity (Wildman–Crippen MR) is 96.6 cm³/mol. The van der Waals surface area contributed by atoms with Gasteiger partial charge in [0.05, 0.1) is 23.5 Å². The van der Waals surface area contributed by atoms with Crippen molar-refractivity contribution in [1.29, 1.82) is 0 Å². The van der Waals surface area contributed by atoms with Crippen LogP contribution in [0.2, 0.25) is 0 Å². The van der Waals surface area contributed by atoms with Gasteiger partial charge in [-0.15, -0.1) is 11.8 Å². The van der Waals surface area contributed by atoms with Crippen LogP contribution < -0.4 is 10.4 Å². The zero-order valence-corrected chi connectivity index (χ0v) is 15.4. The third kappa shape index (κ3) is 5.77. The number of rotatable bonds is 9. The summed E-state index contributed by atoms with van der Waals surface area (Å²) in [6.07, 6.45) is 1.66. The Morgan fingerprint density at radius 2 is 1.88 bits per heavy atom. The van der Waals surface area contributed by atoms with E-state index in [0.29, 0.717) is 11.3 Å². The highest BCUT2D eigenvalue weighted by molar-refractivity contribution is 7.99. The first-order valence-corrected chi connectivity index (χ1v) is 9.14. The van der Waals surface area contributed by atoms with Gasteiger partial charge in [-0.05, 0) is 19.1 Å². The smallest absolute Gasteiger partial charge is 0.217 e. The number of carboxylic acid groups (broad SMARTS) is 1. The SMILES string of the molecule is CC(=O)NC(CSC(CC(=O)c1ccc(C)cc1)c1ccco1)C(=O)[O-]. The van der Waals surface area contributed by atoms with Gasteiger partial charge in [0.15, 0.2) is 5.78 Å². The predicted octanol–water partition coefficient (Wildman–Crippen LogP) is 1.89. The third-order valence-electron chi connectivity index (χ3n) is 3.73. The number of benzene rings is 1. The van der Waals surface area contributed by atoms with Gasteiger partial charge in [0.2, 0.25) is 5.91 Å². The van der Waals surface area contributed by atoms with Gasteiger partial charge >= 0.3 is 0 Å². The number of nitrogens with one attached hydrogen (secondary N) is 1. The lowest BCUT2D eigenvalue weighted by Gasteiger charge is -2.21. The molecule has 2 unspecified atom stereocenters. The molecule has 1 heterocycles. The number of carbonyl (C=O) groups is 3. The Balaban J connectivity index is 2.09. The van der Waals surface area contributed by atoms with Crippen LogP contribution in [0.5, 0.6) is 0 Å². The molecule has 1 aromatic heterocycles. The van der Waals surface area contributed by atoms with Crippen molar-refractivity contribution in [2.45, 2.75) is 31.6 Å². The standard InChI is InChI=1S/C19H21NO5S/c1-12-5-7-14(8-6-12)16(22)10-18(17-4-3-9-25-17)26-11-15(19(23)24)20-13(2)21/h3-9,15,18H,10-11H2,1-2H3,(H,20,21)(H,23,24)/p-1. The molecule has 0 aliphatic heterocycles. The Hall–Kier alpha value is -2.54. The molecule has 1 N–H and O–H groups in total. The fourth-order valence-electron chi connectivity index (χ4n) is 2.37. The maximum Gasteiger partial charge on any atom is 0.217 e. The van der Waals surface area contributed by atoms with Crippen molar-refractivity contribution in [3.63, 3.8) is 0 Å². The van der Waals surface area contributed by atoms with E-state index >= 15 is 0 Å². The van der Waals surface area contributed by atoms with Crippen LogP contribution >= 0.6 is 11.8 Å². The molecule has 0 bridgehead atoms. The molecule has 0 fully saturated rings. The minimum atomic E-state index is -1.37. The number of furan rings is 1. The number of hydrogen-bond donors (Lipinski definition) is 1. The molecule has 0 radical (unpaired) electrons. The molecule has 1 aromatic carbocycles. The number of thioether (sulfide) groups is 1. The second kappa shape index (κ2) is 9.24. The molecule has 138 valence electrons. The van der Waals surface area contributed by atoms with Crippen LogP contribution in [0.15, 0.2) is 47.1 Å². The molecule has 26 heavy (non-hydrogen) atoms. The number of carboxylic acids is 1. The molecule has 0 aliphatic rings.